The van der Waals surface area contributed by atoms with Crippen LogP contribution in [0.3, 0.4) is 0 Å². The van der Waals surface area contributed by atoms with Crippen LogP contribution in [0, 0.1) is 0 Å². The molecule has 2 aromatic carbocycles. The van der Waals surface area contributed by atoms with Crippen molar-refractivity contribution in [1.82, 2.24) is 0 Å². The third kappa shape index (κ3) is 3.47. The molecule has 0 saturated carbocycles. The molecule has 0 N–H and O–H groups in total. The number of hydrogen-bond acceptors (Lipinski definition) is 0. The molecule has 0 fully saturated rings. The molecule has 0 radical (unpaired) electrons. The summed E-state index contributed by atoms with van der Waals surface area (Å²) in [5.41, 5.74) is 4.18. The zero-order valence-electron chi connectivity index (χ0n) is 10.2. The second kappa shape index (κ2) is 6.78. The number of allylic oxidation sites excluding steroid dienone is 1. The van der Waals surface area contributed by atoms with E-state index < -0.39 is 0 Å². The number of benzene rings is 2. The molecule has 0 atom stereocenters. The summed E-state index contributed by atoms with van der Waals surface area (Å²) in [6.07, 6.45) is 0. The predicted octanol–water partition coefficient (Wildman–Crippen LogP) is 3.25. The maximum absolute atomic E-state index is 2.31. The SMILES string of the molecule is CC([Te][Na])=C(c1ccccc1)c1ccccc1. The van der Waals surface area contributed by atoms with Crippen molar-refractivity contribution < 1.29 is 0 Å². The standard InChI is InChI=1S/C15H14Te.Na/c1-12(16)15(13-8-4-2-5-9-13)14-10-6-3-7-11-14;/h2-11,16H,1H3;/q;+1/p-1. The van der Waals surface area contributed by atoms with Gasteiger partial charge in [0.25, 0.3) is 0 Å². The Hall–Kier alpha value is -0.0304. The normalized spacial score (nSPS) is 10.1. The molecule has 0 nitrogen and oxygen atoms in total. The van der Waals surface area contributed by atoms with E-state index in [0.29, 0.717) is 0 Å². The molecule has 17 heavy (non-hydrogen) atoms. The monoisotopic (exact) mass is 346 g/mol. The Balaban J connectivity index is 2.56. The van der Waals surface area contributed by atoms with Crippen LogP contribution in [0.2, 0.25) is 0 Å². The van der Waals surface area contributed by atoms with Crippen molar-refractivity contribution in [3.8, 4) is 0 Å². The van der Waals surface area contributed by atoms with Gasteiger partial charge >= 0.3 is 127 Å². The van der Waals surface area contributed by atoms with E-state index in [1.807, 2.05) is 0 Å². The Labute approximate surface area is 126 Å². The molecule has 0 aliphatic carbocycles. The van der Waals surface area contributed by atoms with Crippen LogP contribution in [0.1, 0.15) is 18.1 Å². The molecule has 0 aliphatic rings. The summed E-state index contributed by atoms with van der Waals surface area (Å²) in [4.78, 5) is 0. The molecule has 0 aromatic heterocycles. The second-order valence-corrected chi connectivity index (χ2v) is 9.52. The average molecular weight is 344 g/mol. The molecule has 0 amide bonds. The van der Waals surface area contributed by atoms with Crippen molar-refractivity contribution in [2.24, 2.45) is 0 Å². The van der Waals surface area contributed by atoms with E-state index >= 15 is 0 Å². The fourth-order valence-corrected chi connectivity index (χ4v) is 4.51. The molecule has 80 valence electrons. The summed E-state index contributed by atoms with van der Waals surface area (Å²) in [6.45, 7) is 2.31. The van der Waals surface area contributed by atoms with Gasteiger partial charge in [0.2, 0.25) is 0 Å². The number of hydrogen-bond donors (Lipinski definition) is 0. The minimum absolute atomic E-state index is 0.0986. The van der Waals surface area contributed by atoms with Crippen LogP contribution in [-0.2, 0) is 0 Å². The van der Waals surface area contributed by atoms with Crippen LogP contribution < -0.4 is 0 Å². The predicted molar refractivity (Wildman–Crippen MR) is 76.1 cm³/mol. The zero-order valence-corrected chi connectivity index (χ0v) is 14.5. The van der Waals surface area contributed by atoms with Gasteiger partial charge in [-0.1, -0.05) is 0 Å². The Morgan fingerprint density at radius 1 is 0.824 bits per heavy atom. The van der Waals surface area contributed by atoms with Gasteiger partial charge in [-0.2, -0.15) is 0 Å². The maximum atomic E-state index is 2.31. The third-order valence-corrected chi connectivity index (χ3v) is 9.22. The molecule has 0 unspecified atom stereocenters. The molecule has 2 aromatic rings. The van der Waals surface area contributed by atoms with Crippen LogP contribution >= 0.6 is 0 Å². The molecule has 0 spiro atoms. The summed E-state index contributed by atoms with van der Waals surface area (Å²) in [7, 11) is 0. The second-order valence-electron chi connectivity index (χ2n) is 3.87. The fourth-order valence-electron chi connectivity index (χ4n) is 1.88. The molecular formula is C15H13NaTe. The summed E-state index contributed by atoms with van der Waals surface area (Å²) in [5.74, 6) is 0. The minimum atomic E-state index is 0.0986. The average Bonchev–Trinajstić information content (AvgIpc) is 2.41. The van der Waals surface area contributed by atoms with Crippen molar-refractivity contribution in [2.45, 2.75) is 6.92 Å². The number of rotatable bonds is 3. The third-order valence-electron chi connectivity index (χ3n) is 2.78. The van der Waals surface area contributed by atoms with Crippen molar-refractivity contribution in [1.29, 1.82) is 0 Å². The summed E-state index contributed by atoms with van der Waals surface area (Å²) < 4.78 is 1.62. The van der Waals surface area contributed by atoms with Gasteiger partial charge in [-0.15, -0.1) is 0 Å². The van der Waals surface area contributed by atoms with Crippen LogP contribution in [0.15, 0.2) is 64.3 Å². The van der Waals surface area contributed by atoms with Crippen LogP contribution in [0.25, 0.3) is 5.57 Å². The zero-order chi connectivity index (χ0) is 12.1. The van der Waals surface area contributed by atoms with Gasteiger partial charge in [0.05, 0.1) is 0 Å². The van der Waals surface area contributed by atoms with E-state index in [1.54, 1.807) is 3.62 Å². The van der Waals surface area contributed by atoms with Gasteiger partial charge in [0, 0.05) is 0 Å². The van der Waals surface area contributed by atoms with Crippen LogP contribution in [0.5, 0.6) is 0 Å². The van der Waals surface area contributed by atoms with Gasteiger partial charge in [0.15, 0.2) is 0 Å². The first-order valence-electron chi connectivity index (χ1n) is 5.68. The molecule has 0 aliphatic heterocycles. The Morgan fingerprint density at radius 2 is 1.24 bits per heavy atom. The van der Waals surface area contributed by atoms with Crippen molar-refractivity contribution >= 4 is 44.6 Å². The van der Waals surface area contributed by atoms with Gasteiger partial charge in [-0.25, -0.2) is 0 Å². The van der Waals surface area contributed by atoms with Gasteiger partial charge in [-0.05, 0) is 0 Å². The van der Waals surface area contributed by atoms with E-state index in [-0.39, 0.29) is 15.5 Å². The van der Waals surface area contributed by atoms with Crippen molar-refractivity contribution in [2.75, 3.05) is 0 Å². The topological polar surface area (TPSA) is 0 Å². The van der Waals surface area contributed by atoms with E-state index in [1.165, 1.54) is 40.2 Å². The van der Waals surface area contributed by atoms with Crippen molar-refractivity contribution in [3.05, 3.63) is 75.4 Å². The van der Waals surface area contributed by atoms with E-state index in [4.69, 9.17) is 0 Å². The molecule has 0 saturated heterocycles. The first-order chi connectivity index (χ1) is 8.33. The van der Waals surface area contributed by atoms with Crippen molar-refractivity contribution in [3.63, 3.8) is 0 Å². The van der Waals surface area contributed by atoms with Gasteiger partial charge < -0.3 is 0 Å². The molecule has 2 rings (SSSR count). The van der Waals surface area contributed by atoms with E-state index in [0.717, 1.165) is 0 Å². The first-order valence-corrected chi connectivity index (χ1v) is 14.7. The van der Waals surface area contributed by atoms with Gasteiger partial charge in [-0.3, -0.25) is 0 Å². The Bertz CT molecular complexity index is 461. The van der Waals surface area contributed by atoms with E-state index in [2.05, 4.69) is 67.6 Å². The van der Waals surface area contributed by atoms with Gasteiger partial charge in [0.1, 0.15) is 0 Å². The Kier molecular flexibility index (Phi) is 5.35. The molecule has 2 heteroatoms. The van der Waals surface area contributed by atoms with E-state index in [9.17, 15) is 0 Å². The molecular weight excluding hydrogens is 331 g/mol. The first kappa shape index (κ1) is 13.4. The molecule has 0 heterocycles. The van der Waals surface area contributed by atoms with Crippen LogP contribution in [0.4, 0.5) is 0 Å². The summed E-state index contributed by atoms with van der Waals surface area (Å²) in [5, 5.41) is 0. The summed E-state index contributed by atoms with van der Waals surface area (Å²) in [6, 6.07) is 21.5. The van der Waals surface area contributed by atoms with Crippen LogP contribution in [-0.4, -0.2) is 39.1 Å². The summed E-state index contributed by atoms with van der Waals surface area (Å²) >= 11 is 1.44. The molecule has 0 bridgehead atoms. The quantitative estimate of drug-likeness (QED) is 0.750. The Morgan fingerprint density at radius 3 is 1.59 bits per heavy atom. The fraction of sp³-hybridized carbons (Fsp3) is 0.0667.